The Balaban J connectivity index is 1.91. The maximum Gasteiger partial charge on any atom is 0.344 e. The Kier molecular flexibility index (Phi) is 4.87. The van der Waals surface area contributed by atoms with Crippen molar-refractivity contribution in [3.63, 3.8) is 0 Å². The summed E-state index contributed by atoms with van der Waals surface area (Å²) in [6, 6.07) is 22.0. The highest BCUT2D eigenvalue weighted by atomic mass is 16.5. The smallest absolute Gasteiger partial charge is 0.344 e. The first-order chi connectivity index (χ1) is 14.1. The van der Waals surface area contributed by atoms with Gasteiger partial charge in [-0.2, -0.15) is 0 Å². The maximum atomic E-state index is 13.2. The van der Waals surface area contributed by atoms with Crippen LogP contribution in [0.1, 0.15) is 16.1 Å². The number of aryl methyl sites for hydroxylation is 1. The van der Waals surface area contributed by atoms with Gasteiger partial charge in [0, 0.05) is 10.9 Å². The highest BCUT2D eigenvalue weighted by molar-refractivity contribution is 6.12. The minimum atomic E-state index is -0.554. The second-order valence-electron chi connectivity index (χ2n) is 6.66. The molecule has 1 N–H and O–H groups in total. The molecule has 1 amide bonds. The van der Waals surface area contributed by atoms with Crippen molar-refractivity contribution in [1.29, 1.82) is 0 Å². The van der Waals surface area contributed by atoms with Gasteiger partial charge in [-0.05, 0) is 36.2 Å². The second kappa shape index (κ2) is 7.64. The third kappa shape index (κ3) is 3.50. The summed E-state index contributed by atoms with van der Waals surface area (Å²) in [7, 11) is 1.53. The fraction of sp³-hybridized carbons (Fsp3) is 0.0833. The van der Waals surface area contributed by atoms with Crippen LogP contribution >= 0.6 is 0 Å². The number of ether oxygens (including phenoxy) is 1. The van der Waals surface area contributed by atoms with Crippen LogP contribution < -0.4 is 15.7 Å². The van der Waals surface area contributed by atoms with Gasteiger partial charge in [-0.3, -0.25) is 4.79 Å². The topological polar surface area (TPSA) is 68.5 Å². The quantitative estimate of drug-likeness (QED) is 0.535. The first-order valence-electron chi connectivity index (χ1n) is 9.15. The number of fused-ring (bicyclic) bond motifs is 1. The van der Waals surface area contributed by atoms with Crippen LogP contribution in [0.5, 0.6) is 5.75 Å². The van der Waals surface area contributed by atoms with E-state index in [4.69, 9.17) is 9.15 Å². The molecule has 144 valence electrons. The van der Waals surface area contributed by atoms with Crippen LogP contribution in [-0.4, -0.2) is 13.0 Å². The van der Waals surface area contributed by atoms with Crippen LogP contribution in [0.15, 0.2) is 82.0 Å². The van der Waals surface area contributed by atoms with E-state index in [2.05, 4.69) is 5.32 Å². The van der Waals surface area contributed by atoms with Gasteiger partial charge in [0.05, 0.1) is 18.2 Å². The Morgan fingerprint density at radius 1 is 0.931 bits per heavy atom. The van der Waals surface area contributed by atoms with Crippen LogP contribution in [0, 0.1) is 6.92 Å². The summed E-state index contributed by atoms with van der Waals surface area (Å²) in [5.41, 5.74) is 2.28. The monoisotopic (exact) mass is 385 g/mol. The molecule has 0 bridgehead atoms. The normalized spacial score (nSPS) is 10.7. The number of rotatable bonds is 4. The van der Waals surface area contributed by atoms with Crippen LogP contribution in [0.2, 0.25) is 0 Å². The predicted molar refractivity (Wildman–Crippen MR) is 114 cm³/mol. The van der Waals surface area contributed by atoms with E-state index in [1.165, 1.54) is 7.11 Å². The lowest BCUT2D eigenvalue weighted by Crippen LogP contribution is -2.17. The van der Waals surface area contributed by atoms with Crippen LogP contribution in [0.25, 0.3) is 21.9 Å². The molecular formula is C24H19NO4. The van der Waals surface area contributed by atoms with Crippen LogP contribution in [0.4, 0.5) is 5.69 Å². The van der Waals surface area contributed by atoms with E-state index >= 15 is 0 Å². The summed E-state index contributed by atoms with van der Waals surface area (Å²) >= 11 is 0. The number of carbonyl (C=O) groups is 1. The fourth-order valence-electron chi connectivity index (χ4n) is 3.35. The predicted octanol–water partition coefficient (Wildman–Crippen LogP) is 5.03. The zero-order valence-corrected chi connectivity index (χ0v) is 16.1. The lowest BCUT2D eigenvalue weighted by molar-refractivity contribution is 0.0993. The van der Waals surface area contributed by atoms with Gasteiger partial charge < -0.3 is 14.5 Å². The van der Waals surface area contributed by atoms with E-state index in [0.29, 0.717) is 27.8 Å². The van der Waals surface area contributed by atoms with E-state index in [-0.39, 0.29) is 5.76 Å². The molecule has 0 aliphatic rings. The molecule has 0 fully saturated rings. The van der Waals surface area contributed by atoms with Crippen molar-refractivity contribution < 1.29 is 13.9 Å². The van der Waals surface area contributed by atoms with Crippen molar-refractivity contribution in [2.45, 2.75) is 6.92 Å². The molecule has 0 radical (unpaired) electrons. The molecule has 5 nitrogen and oxygen atoms in total. The fourth-order valence-corrected chi connectivity index (χ4v) is 3.35. The molecule has 0 saturated carbocycles. The Morgan fingerprint density at radius 3 is 2.34 bits per heavy atom. The minimum Gasteiger partial charge on any atom is -0.495 e. The molecular weight excluding hydrogens is 366 g/mol. The Morgan fingerprint density at radius 2 is 1.62 bits per heavy atom. The largest absolute Gasteiger partial charge is 0.495 e. The van der Waals surface area contributed by atoms with Gasteiger partial charge in [0.15, 0.2) is 0 Å². The summed E-state index contributed by atoms with van der Waals surface area (Å²) in [5, 5.41) is 3.91. The molecule has 0 aliphatic carbocycles. The van der Waals surface area contributed by atoms with Gasteiger partial charge in [0.1, 0.15) is 5.75 Å². The molecule has 1 heterocycles. The minimum absolute atomic E-state index is 0.0385. The van der Waals surface area contributed by atoms with Crippen molar-refractivity contribution in [3.05, 3.63) is 94.5 Å². The van der Waals surface area contributed by atoms with E-state index in [1.807, 2.05) is 55.5 Å². The molecule has 29 heavy (non-hydrogen) atoms. The number of methoxy groups -OCH3 is 1. The summed E-state index contributed by atoms with van der Waals surface area (Å²) in [4.78, 5) is 25.7. The number of amides is 1. The van der Waals surface area contributed by atoms with Crippen molar-refractivity contribution in [3.8, 4) is 16.9 Å². The molecule has 0 aliphatic heterocycles. The van der Waals surface area contributed by atoms with Gasteiger partial charge in [-0.15, -0.1) is 0 Å². The third-order valence-electron chi connectivity index (χ3n) is 4.71. The standard InChI is InChI=1S/C24H19NO4/c1-15-12-13-20(28-2)19(14-15)25-23(26)22-21(16-8-4-3-5-9-16)17-10-6-7-11-18(17)24(27)29-22/h3-14H,1-2H3,(H,25,26). The SMILES string of the molecule is COc1ccc(C)cc1NC(=O)c1oc(=O)c2ccccc2c1-c1ccccc1. The van der Waals surface area contributed by atoms with Gasteiger partial charge >= 0.3 is 5.63 Å². The summed E-state index contributed by atoms with van der Waals surface area (Å²) < 4.78 is 10.8. The van der Waals surface area contributed by atoms with E-state index in [1.54, 1.807) is 24.3 Å². The number of hydrogen-bond donors (Lipinski definition) is 1. The second-order valence-corrected chi connectivity index (χ2v) is 6.66. The summed E-state index contributed by atoms with van der Waals surface area (Å²) in [6.07, 6.45) is 0. The highest BCUT2D eigenvalue weighted by Crippen LogP contribution is 2.32. The first-order valence-corrected chi connectivity index (χ1v) is 9.15. The van der Waals surface area contributed by atoms with Crippen LogP contribution in [0.3, 0.4) is 0 Å². The van der Waals surface area contributed by atoms with E-state index < -0.39 is 11.5 Å². The summed E-state index contributed by atoms with van der Waals surface area (Å²) in [5.74, 6) is -0.0348. The molecule has 1 aromatic heterocycles. The number of anilines is 1. The van der Waals surface area contributed by atoms with Gasteiger partial charge in [0.25, 0.3) is 5.91 Å². The molecule has 0 spiro atoms. The zero-order valence-electron chi connectivity index (χ0n) is 16.1. The lowest BCUT2D eigenvalue weighted by Gasteiger charge is -2.14. The van der Waals surface area contributed by atoms with Crippen molar-refractivity contribution >= 4 is 22.4 Å². The molecule has 0 unspecified atom stereocenters. The molecule has 5 heteroatoms. The Hall–Kier alpha value is -3.86. The van der Waals surface area contributed by atoms with E-state index in [0.717, 1.165) is 11.1 Å². The molecule has 3 aromatic carbocycles. The van der Waals surface area contributed by atoms with Crippen molar-refractivity contribution in [1.82, 2.24) is 0 Å². The highest BCUT2D eigenvalue weighted by Gasteiger charge is 2.22. The van der Waals surface area contributed by atoms with Gasteiger partial charge in [-0.25, -0.2) is 4.79 Å². The van der Waals surface area contributed by atoms with E-state index in [9.17, 15) is 9.59 Å². The van der Waals surface area contributed by atoms with Gasteiger partial charge in [-0.1, -0.05) is 54.6 Å². The third-order valence-corrected chi connectivity index (χ3v) is 4.71. The molecule has 4 aromatic rings. The maximum absolute atomic E-state index is 13.2. The van der Waals surface area contributed by atoms with Crippen molar-refractivity contribution in [2.75, 3.05) is 12.4 Å². The number of nitrogens with one attached hydrogen (secondary N) is 1. The van der Waals surface area contributed by atoms with Crippen molar-refractivity contribution in [2.24, 2.45) is 0 Å². The number of benzene rings is 3. The average molecular weight is 385 g/mol. The lowest BCUT2D eigenvalue weighted by atomic mass is 9.98. The summed E-state index contributed by atoms with van der Waals surface area (Å²) in [6.45, 7) is 1.92. The number of hydrogen-bond acceptors (Lipinski definition) is 4. The first kappa shape index (κ1) is 18.5. The Labute approximate surface area is 167 Å². The number of carbonyl (C=O) groups excluding carboxylic acids is 1. The Bertz CT molecular complexity index is 1260. The molecule has 4 rings (SSSR count). The average Bonchev–Trinajstić information content (AvgIpc) is 2.74. The van der Waals surface area contributed by atoms with Gasteiger partial charge in [0.2, 0.25) is 5.76 Å². The zero-order chi connectivity index (χ0) is 20.4. The van der Waals surface area contributed by atoms with Crippen LogP contribution in [-0.2, 0) is 0 Å². The molecule has 0 atom stereocenters. The molecule has 0 saturated heterocycles.